The number of amides is 1. The zero-order valence-electron chi connectivity index (χ0n) is 9.04. The van der Waals surface area contributed by atoms with Crippen LogP contribution in [0.3, 0.4) is 0 Å². The Morgan fingerprint density at radius 1 is 1.20 bits per heavy atom. The van der Waals surface area contributed by atoms with Crippen LogP contribution in [-0.4, -0.2) is 37.9 Å². The summed E-state index contributed by atoms with van der Waals surface area (Å²) in [5.41, 5.74) is 0. The summed E-state index contributed by atoms with van der Waals surface area (Å²) in [6.45, 7) is 2.32. The fourth-order valence-corrected chi connectivity index (χ4v) is 2.13. The topological polar surface area (TPSA) is 47.6 Å². The lowest BCUT2D eigenvalue weighted by atomic mass is 10.2. The van der Waals surface area contributed by atoms with Crippen LogP contribution in [0, 0.1) is 0 Å². The van der Waals surface area contributed by atoms with E-state index >= 15 is 0 Å². The van der Waals surface area contributed by atoms with Crippen LogP contribution in [0.5, 0.6) is 0 Å². The molecule has 4 nitrogen and oxygen atoms in total. The normalized spacial score (nSPS) is 30.7. The van der Waals surface area contributed by atoms with E-state index in [4.69, 9.17) is 9.47 Å². The molecule has 2 unspecified atom stereocenters. The highest BCUT2D eigenvalue weighted by Crippen LogP contribution is 2.15. The summed E-state index contributed by atoms with van der Waals surface area (Å²) in [6, 6.07) is 0. The fourth-order valence-electron chi connectivity index (χ4n) is 2.13. The van der Waals surface area contributed by atoms with Crippen LogP contribution in [0.25, 0.3) is 0 Å². The highest BCUT2D eigenvalue weighted by Gasteiger charge is 2.23. The number of hydrogen-bond donors (Lipinski definition) is 1. The van der Waals surface area contributed by atoms with Crippen molar-refractivity contribution in [3.8, 4) is 0 Å². The Morgan fingerprint density at radius 3 is 2.67 bits per heavy atom. The van der Waals surface area contributed by atoms with Crippen LogP contribution in [0.15, 0.2) is 0 Å². The van der Waals surface area contributed by atoms with E-state index in [2.05, 4.69) is 5.32 Å². The molecule has 2 atom stereocenters. The van der Waals surface area contributed by atoms with Crippen molar-refractivity contribution in [1.29, 1.82) is 0 Å². The van der Waals surface area contributed by atoms with Crippen molar-refractivity contribution in [3.63, 3.8) is 0 Å². The van der Waals surface area contributed by atoms with Crippen LogP contribution in [0.1, 0.15) is 32.1 Å². The van der Waals surface area contributed by atoms with Crippen molar-refractivity contribution in [3.05, 3.63) is 0 Å². The first-order chi connectivity index (χ1) is 7.36. The number of nitrogens with one attached hydrogen (secondary N) is 1. The van der Waals surface area contributed by atoms with E-state index in [9.17, 15) is 4.79 Å². The van der Waals surface area contributed by atoms with Gasteiger partial charge in [0.2, 0.25) is 5.91 Å². The molecule has 15 heavy (non-hydrogen) atoms. The fraction of sp³-hybridized carbons (Fsp3) is 0.909. The molecular formula is C11H19NO3. The van der Waals surface area contributed by atoms with Crippen molar-refractivity contribution in [2.24, 2.45) is 0 Å². The first kappa shape index (κ1) is 10.9. The zero-order valence-corrected chi connectivity index (χ0v) is 9.04. The molecular weight excluding hydrogens is 194 g/mol. The highest BCUT2D eigenvalue weighted by atomic mass is 16.5. The molecule has 0 aromatic carbocycles. The van der Waals surface area contributed by atoms with Crippen molar-refractivity contribution < 1.29 is 14.3 Å². The molecule has 86 valence electrons. The second-order valence-corrected chi connectivity index (χ2v) is 4.22. The molecule has 1 N–H and O–H groups in total. The van der Waals surface area contributed by atoms with Gasteiger partial charge in [-0.05, 0) is 32.1 Å². The monoisotopic (exact) mass is 213 g/mol. The summed E-state index contributed by atoms with van der Waals surface area (Å²) in [4.78, 5) is 11.5. The van der Waals surface area contributed by atoms with Crippen LogP contribution in [-0.2, 0) is 14.3 Å². The van der Waals surface area contributed by atoms with Gasteiger partial charge < -0.3 is 14.8 Å². The second kappa shape index (κ2) is 5.47. The first-order valence-corrected chi connectivity index (χ1v) is 5.87. The maximum Gasteiger partial charge on any atom is 0.249 e. The third-order valence-electron chi connectivity index (χ3n) is 3.01. The lowest BCUT2D eigenvalue weighted by Crippen LogP contribution is -2.35. The molecule has 4 heteroatoms. The summed E-state index contributed by atoms with van der Waals surface area (Å²) >= 11 is 0. The first-order valence-electron chi connectivity index (χ1n) is 5.87. The molecule has 0 saturated carbocycles. The van der Waals surface area contributed by atoms with Crippen LogP contribution >= 0.6 is 0 Å². The predicted molar refractivity (Wildman–Crippen MR) is 55.6 cm³/mol. The summed E-state index contributed by atoms with van der Waals surface area (Å²) in [7, 11) is 0. The molecule has 2 rings (SSSR count). The third-order valence-corrected chi connectivity index (χ3v) is 3.01. The molecule has 2 heterocycles. The quantitative estimate of drug-likeness (QED) is 0.753. The smallest absolute Gasteiger partial charge is 0.249 e. The maximum absolute atomic E-state index is 11.5. The molecule has 2 aliphatic rings. The molecule has 0 aromatic rings. The van der Waals surface area contributed by atoms with E-state index in [1.54, 1.807) is 0 Å². The highest BCUT2D eigenvalue weighted by molar-refractivity contribution is 5.80. The molecule has 2 fully saturated rings. The van der Waals surface area contributed by atoms with Gasteiger partial charge in [-0.15, -0.1) is 0 Å². The van der Waals surface area contributed by atoms with Crippen molar-refractivity contribution in [2.75, 3.05) is 19.8 Å². The van der Waals surface area contributed by atoms with Gasteiger partial charge in [0.15, 0.2) is 0 Å². The Balaban J connectivity index is 1.58. The van der Waals surface area contributed by atoms with Gasteiger partial charge in [-0.1, -0.05) is 0 Å². The molecule has 1 amide bonds. The van der Waals surface area contributed by atoms with Gasteiger partial charge in [-0.3, -0.25) is 4.79 Å². The number of hydrogen-bond acceptors (Lipinski definition) is 3. The Morgan fingerprint density at radius 2 is 2.00 bits per heavy atom. The maximum atomic E-state index is 11.5. The average molecular weight is 213 g/mol. The van der Waals surface area contributed by atoms with E-state index in [1.807, 2.05) is 0 Å². The minimum Gasteiger partial charge on any atom is -0.378 e. The molecule has 0 spiro atoms. The summed E-state index contributed by atoms with van der Waals surface area (Å²) < 4.78 is 10.8. The van der Waals surface area contributed by atoms with Crippen molar-refractivity contribution in [2.45, 2.75) is 44.3 Å². The van der Waals surface area contributed by atoms with E-state index in [-0.39, 0.29) is 12.0 Å². The SMILES string of the molecule is O=C(NCCC1CCCO1)C1CCCO1. The molecule has 0 radical (unpaired) electrons. The third kappa shape index (κ3) is 3.18. The zero-order chi connectivity index (χ0) is 10.5. The molecule has 2 aliphatic heterocycles. The van der Waals surface area contributed by atoms with Crippen molar-refractivity contribution >= 4 is 5.91 Å². The van der Waals surface area contributed by atoms with E-state index < -0.39 is 0 Å². The summed E-state index contributed by atoms with van der Waals surface area (Å²) in [5, 5.41) is 2.91. The Kier molecular flexibility index (Phi) is 3.97. The average Bonchev–Trinajstić information content (AvgIpc) is 2.90. The van der Waals surface area contributed by atoms with E-state index in [0.29, 0.717) is 12.6 Å². The van der Waals surface area contributed by atoms with E-state index in [0.717, 1.165) is 45.3 Å². The van der Waals surface area contributed by atoms with Gasteiger partial charge in [-0.2, -0.15) is 0 Å². The van der Waals surface area contributed by atoms with Gasteiger partial charge in [-0.25, -0.2) is 0 Å². The van der Waals surface area contributed by atoms with E-state index in [1.165, 1.54) is 0 Å². The summed E-state index contributed by atoms with van der Waals surface area (Å²) in [5.74, 6) is 0.0468. The van der Waals surface area contributed by atoms with Gasteiger partial charge >= 0.3 is 0 Å². The van der Waals surface area contributed by atoms with Crippen LogP contribution < -0.4 is 5.32 Å². The molecule has 2 saturated heterocycles. The molecule has 0 bridgehead atoms. The number of ether oxygens (including phenoxy) is 2. The number of carbonyl (C=O) groups excluding carboxylic acids is 1. The standard InChI is InChI=1S/C11H19NO3/c13-11(10-4-2-8-15-10)12-6-5-9-3-1-7-14-9/h9-10H,1-8H2,(H,12,13). The number of carbonyl (C=O) groups is 1. The largest absolute Gasteiger partial charge is 0.378 e. The number of rotatable bonds is 4. The van der Waals surface area contributed by atoms with Crippen molar-refractivity contribution in [1.82, 2.24) is 5.32 Å². The van der Waals surface area contributed by atoms with Crippen LogP contribution in [0.2, 0.25) is 0 Å². The van der Waals surface area contributed by atoms with Gasteiger partial charge in [0, 0.05) is 19.8 Å². The summed E-state index contributed by atoms with van der Waals surface area (Å²) in [6.07, 6.45) is 5.25. The minimum atomic E-state index is -0.200. The Bertz CT molecular complexity index is 208. The van der Waals surface area contributed by atoms with Crippen LogP contribution in [0.4, 0.5) is 0 Å². The van der Waals surface area contributed by atoms with Gasteiger partial charge in [0.05, 0.1) is 6.10 Å². The Labute approximate surface area is 90.3 Å². The second-order valence-electron chi connectivity index (χ2n) is 4.22. The Hall–Kier alpha value is -0.610. The minimum absolute atomic E-state index is 0.0468. The predicted octanol–water partition coefficient (Wildman–Crippen LogP) is 0.851. The molecule has 0 aromatic heterocycles. The molecule has 0 aliphatic carbocycles. The lowest BCUT2D eigenvalue weighted by Gasteiger charge is -2.12. The lowest BCUT2D eigenvalue weighted by molar-refractivity contribution is -0.130. The van der Waals surface area contributed by atoms with Gasteiger partial charge in [0.25, 0.3) is 0 Å². The van der Waals surface area contributed by atoms with Gasteiger partial charge in [0.1, 0.15) is 6.10 Å².